The van der Waals surface area contributed by atoms with E-state index in [0.717, 1.165) is 52.9 Å². The summed E-state index contributed by atoms with van der Waals surface area (Å²) in [6.07, 6.45) is 3.40. The van der Waals surface area contributed by atoms with Crippen molar-refractivity contribution in [3.8, 4) is 0 Å². The van der Waals surface area contributed by atoms with Crippen molar-refractivity contribution in [2.45, 2.75) is 56.3 Å². The predicted molar refractivity (Wildman–Crippen MR) is 137 cm³/mol. The number of esters is 1. The summed E-state index contributed by atoms with van der Waals surface area (Å²) >= 11 is 3.18. The van der Waals surface area contributed by atoms with Gasteiger partial charge in [0.05, 0.1) is 18.4 Å². The van der Waals surface area contributed by atoms with Gasteiger partial charge in [-0.25, -0.2) is 21.9 Å². The molecular weight excluding hydrogens is 541 g/mol. The molecule has 0 aromatic heterocycles. The van der Waals surface area contributed by atoms with E-state index in [2.05, 4.69) is 35.6 Å². The highest BCUT2D eigenvalue weighted by Crippen LogP contribution is 2.36. The molecule has 6 nitrogen and oxygen atoms in total. The van der Waals surface area contributed by atoms with E-state index in [1.807, 2.05) is 6.07 Å². The summed E-state index contributed by atoms with van der Waals surface area (Å²) in [7, 11) is -4.33. The Hall–Kier alpha value is -1.75. The Kier molecular flexibility index (Phi) is 8.59. The zero-order valence-electron chi connectivity index (χ0n) is 20.0. The Morgan fingerprint density at radius 1 is 1.15 bits per heavy atom. The van der Waals surface area contributed by atoms with Crippen molar-refractivity contribution in [2.75, 3.05) is 24.8 Å². The van der Waals surface area contributed by atoms with E-state index < -0.39 is 29.9 Å². The molecule has 0 unspecified atom stereocenters. The van der Waals surface area contributed by atoms with Crippen molar-refractivity contribution < 1.29 is 27.1 Å². The highest BCUT2D eigenvalue weighted by Gasteiger charge is 2.33. The second-order valence-corrected chi connectivity index (χ2v) is 17.9. The number of ether oxygens (including phenoxy) is 2. The number of aryl methyl sites for hydroxylation is 1. The average Bonchev–Trinajstić information content (AvgIpc) is 2.76. The van der Waals surface area contributed by atoms with Crippen molar-refractivity contribution in [1.29, 1.82) is 0 Å². The van der Waals surface area contributed by atoms with Gasteiger partial charge < -0.3 is 9.47 Å². The minimum Gasteiger partial charge on any atom is -0.465 e. The Labute approximate surface area is 210 Å². The molecule has 0 spiro atoms. The van der Waals surface area contributed by atoms with Gasteiger partial charge in [0, 0.05) is 19.2 Å². The van der Waals surface area contributed by atoms with Crippen LogP contribution in [-0.2, 0) is 32.3 Å². The quantitative estimate of drug-likeness (QED) is 0.165. The SMILES string of the molecule is COC(=O)c1c(N(COCC[Si](C)(C)C)S(=O)(=O)c2ccc(F)cc2Br)ccc2c1CCCC2. The molecule has 10 heteroatoms. The van der Waals surface area contributed by atoms with E-state index >= 15 is 0 Å². The van der Waals surface area contributed by atoms with E-state index in [-0.39, 0.29) is 27.3 Å². The van der Waals surface area contributed by atoms with Crippen molar-refractivity contribution in [3.05, 3.63) is 57.3 Å². The van der Waals surface area contributed by atoms with Crippen LogP contribution in [0.25, 0.3) is 0 Å². The molecule has 0 saturated carbocycles. The third-order valence-corrected chi connectivity index (χ3v) is 10.3. The molecule has 0 aliphatic heterocycles. The van der Waals surface area contributed by atoms with E-state index in [9.17, 15) is 17.6 Å². The van der Waals surface area contributed by atoms with Crippen LogP contribution in [0.2, 0.25) is 25.7 Å². The van der Waals surface area contributed by atoms with Crippen LogP contribution in [-0.4, -0.2) is 42.9 Å². The number of carbonyl (C=O) groups is 1. The molecule has 3 rings (SSSR count). The lowest BCUT2D eigenvalue weighted by Crippen LogP contribution is -2.36. The molecule has 0 amide bonds. The van der Waals surface area contributed by atoms with Gasteiger partial charge in [0.15, 0.2) is 0 Å². The molecule has 1 aliphatic rings. The summed E-state index contributed by atoms with van der Waals surface area (Å²) in [4.78, 5) is 12.8. The molecule has 34 heavy (non-hydrogen) atoms. The summed E-state index contributed by atoms with van der Waals surface area (Å²) in [5.74, 6) is -1.15. The summed E-state index contributed by atoms with van der Waals surface area (Å²) in [5, 5.41) is 0. The average molecular weight is 573 g/mol. The number of carbonyl (C=O) groups excluding carboxylic acids is 1. The second kappa shape index (κ2) is 10.9. The highest BCUT2D eigenvalue weighted by molar-refractivity contribution is 9.10. The fourth-order valence-electron chi connectivity index (χ4n) is 3.95. The lowest BCUT2D eigenvalue weighted by molar-refractivity contribution is 0.0599. The maximum absolute atomic E-state index is 13.8. The Bertz CT molecular complexity index is 1170. The van der Waals surface area contributed by atoms with Crippen LogP contribution in [0.5, 0.6) is 0 Å². The minimum absolute atomic E-state index is 0.0946. The molecule has 0 N–H and O–H groups in total. The van der Waals surface area contributed by atoms with Crippen molar-refractivity contribution in [2.24, 2.45) is 0 Å². The Balaban J connectivity index is 2.13. The summed E-state index contributed by atoms with van der Waals surface area (Å²) in [5.41, 5.74) is 2.29. The topological polar surface area (TPSA) is 72.9 Å². The number of hydrogen-bond donors (Lipinski definition) is 0. The molecule has 0 saturated heterocycles. The lowest BCUT2D eigenvalue weighted by atomic mass is 9.87. The Morgan fingerprint density at radius 2 is 1.85 bits per heavy atom. The summed E-state index contributed by atoms with van der Waals surface area (Å²) in [6.45, 7) is 6.74. The van der Waals surface area contributed by atoms with Crippen molar-refractivity contribution in [3.63, 3.8) is 0 Å². The van der Waals surface area contributed by atoms with Crippen LogP contribution in [0.15, 0.2) is 39.7 Å². The molecule has 0 atom stereocenters. The van der Waals surface area contributed by atoms with Gasteiger partial charge in [0.2, 0.25) is 0 Å². The summed E-state index contributed by atoms with van der Waals surface area (Å²) < 4.78 is 53.5. The predicted octanol–water partition coefficient (Wildman–Crippen LogP) is 5.76. The minimum atomic E-state index is -4.21. The number of benzene rings is 2. The van der Waals surface area contributed by atoms with Gasteiger partial charge in [-0.15, -0.1) is 0 Å². The fourth-order valence-corrected chi connectivity index (χ4v) is 7.08. The number of sulfonamides is 1. The van der Waals surface area contributed by atoms with Crippen molar-refractivity contribution >= 4 is 45.7 Å². The maximum atomic E-state index is 13.8. The van der Waals surface area contributed by atoms with Crippen LogP contribution in [0, 0.1) is 5.82 Å². The summed E-state index contributed by atoms with van der Waals surface area (Å²) in [6, 6.07) is 7.78. The van der Waals surface area contributed by atoms with E-state index in [4.69, 9.17) is 9.47 Å². The lowest BCUT2D eigenvalue weighted by Gasteiger charge is -2.29. The van der Waals surface area contributed by atoms with Gasteiger partial charge in [0.25, 0.3) is 10.0 Å². The number of hydrogen-bond acceptors (Lipinski definition) is 5. The van der Waals surface area contributed by atoms with Crippen LogP contribution >= 0.6 is 15.9 Å². The first-order chi connectivity index (χ1) is 16.0. The smallest absolute Gasteiger partial charge is 0.340 e. The normalized spacial score (nSPS) is 13.9. The fraction of sp³-hybridized carbons (Fsp3) is 0.458. The van der Waals surface area contributed by atoms with E-state index in [0.29, 0.717) is 13.0 Å². The number of fused-ring (bicyclic) bond motifs is 1. The first-order valence-corrected chi connectivity index (χ1v) is 17.2. The molecular formula is C24H31BrFNO5SSi. The van der Waals surface area contributed by atoms with Gasteiger partial charge in [-0.3, -0.25) is 0 Å². The van der Waals surface area contributed by atoms with Gasteiger partial charge in [-0.05, 0) is 83.0 Å². The number of nitrogens with zero attached hydrogens (tertiary/aromatic N) is 1. The number of rotatable bonds is 9. The first kappa shape index (κ1) is 26.8. The van der Waals surface area contributed by atoms with Gasteiger partial charge in [0.1, 0.15) is 17.4 Å². The molecule has 2 aromatic carbocycles. The second-order valence-electron chi connectivity index (χ2n) is 9.57. The zero-order valence-corrected chi connectivity index (χ0v) is 23.4. The maximum Gasteiger partial charge on any atom is 0.340 e. The standard InChI is InChI=1S/C24H31BrFNO5SSi/c1-31-24(28)23-19-8-6-5-7-17(19)9-11-21(23)27(16-32-13-14-34(2,3)4)33(29,30)22-12-10-18(26)15-20(22)25/h9-12,15H,5-8,13-14,16H2,1-4H3. The molecule has 0 radical (unpaired) electrons. The third-order valence-electron chi connectivity index (χ3n) is 5.84. The third kappa shape index (κ3) is 6.08. The van der Waals surface area contributed by atoms with E-state index in [1.165, 1.54) is 13.2 Å². The number of anilines is 1. The highest BCUT2D eigenvalue weighted by atomic mass is 79.9. The number of methoxy groups -OCH3 is 1. The molecule has 0 bridgehead atoms. The molecule has 2 aromatic rings. The van der Waals surface area contributed by atoms with Crippen LogP contribution in [0.3, 0.4) is 0 Å². The van der Waals surface area contributed by atoms with Crippen molar-refractivity contribution in [1.82, 2.24) is 0 Å². The monoisotopic (exact) mass is 571 g/mol. The van der Waals surface area contributed by atoms with Crippen LogP contribution in [0.4, 0.5) is 10.1 Å². The molecule has 186 valence electrons. The zero-order chi connectivity index (χ0) is 25.1. The molecule has 1 aliphatic carbocycles. The van der Waals surface area contributed by atoms with Crippen LogP contribution < -0.4 is 4.31 Å². The Morgan fingerprint density at radius 3 is 2.50 bits per heavy atom. The van der Waals surface area contributed by atoms with Crippen LogP contribution in [0.1, 0.15) is 34.3 Å². The van der Waals surface area contributed by atoms with Gasteiger partial charge >= 0.3 is 5.97 Å². The molecule has 0 heterocycles. The largest absolute Gasteiger partial charge is 0.465 e. The van der Waals surface area contributed by atoms with Gasteiger partial charge in [-0.2, -0.15) is 0 Å². The molecule has 0 fully saturated rings. The van der Waals surface area contributed by atoms with E-state index in [1.54, 1.807) is 6.07 Å². The number of halogens is 2. The first-order valence-electron chi connectivity index (χ1n) is 11.2. The van der Waals surface area contributed by atoms with Gasteiger partial charge in [-0.1, -0.05) is 25.7 Å².